The Morgan fingerprint density at radius 3 is 2.92 bits per heavy atom. The van der Waals surface area contributed by atoms with Gasteiger partial charge in [-0.15, -0.1) is 11.3 Å². The van der Waals surface area contributed by atoms with Crippen LogP contribution in [0.1, 0.15) is 35.2 Å². The van der Waals surface area contributed by atoms with Crippen LogP contribution in [-0.4, -0.2) is 31.0 Å². The smallest absolute Gasteiger partial charge is 0.126 e. The van der Waals surface area contributed by atoms with Crippen LogP contribution in [0.4, 0.5) is 0 Å². The highest BCUT2D eigenvalue weighted by molar-refractivity contribution is 7.09. The third-order valence-electron chi connectivity index (χ3n) is 4.55. The molecule has 1 aliphatic heterocycles. The zero-order valence-corrected chi connectivity index (χ0v) is 15.0. The number of rotatable bonds is 6. The molecule has 0 unspecified atom stereocenters. The van der Waals surface area contributed by atoms with Crippen LogP contribution in [0.25, 0.3) is 0 Å². The van der Waals surface area contributed by atoms with Crippen LogP contribution in [0.2, 0.25) is 0 Å². The zero-order chi connectivity index (χ0) is 17.1. The molecular weight excluding hydrogens is 334 g/mol. The Kier molecular flexibility index (Phi) is 4.87. The number of fused-ring (bicyclic) bond motifs is 1. The lowest BCUT2D eigenvalue weighted by Gasteiger charge is -2.33. The summed E-state index contributed by atoms with van der Waals surface area (Å²) in [5.41, 5.74) is 2.08. The van der Waals surface area contributed by atoms with Crippen molar-refractivity contribution in [1.29, 1.82) is 0 Å². The second kappa shape index (κ2) is 7.43. The van der Waals surface area contributed by atoms with E-state index in [0.29, 0.717) is 13.2 Å². The molecule has 0 radical (unpaired) electrons. The largest absolute Gasteiger partial charge is 0.369 e. The van der Waals surface area contributed by atoms with Crippen LogP contribution in [0, 0.1) is 0 Å². The van der Waals surface area contributed by atoms with Gasteiger partial charge >= 0.3 is 0 Å². The first kappa shape index (κ1) is 16.4. The fourth-order valence-electron chi connectivity index (χ4n) is 3.18. The van der Waals surface area contributed by atoms with Crippen LogP contribution < -0.4 is 0 Å². The summed E-state index contributed by atoms with van der Waals surface area (Å²) < 4.78 is 8.13. The summed E-state index contributed by atoms with van der Waals surface area (Å²) in [4.78, 5) is 15.8. The number of imidazole rings is 1. The standard InChI is InChI=1S/C18H21N5OS/c1-14-18-21-10-16(13-24-12-15-4-2-3-5-19-15)23(18)8-7-22(14)11-17-20-6-9-25-17/h2-6,9-10,14H,7-8,11-13H2,1H3/t14-/m1/s1. The van der Waals surface area contributed by atoms with Gasteiger partial charge in [-0.3, -0.25) is 9.88 Å². The van der Waals surface area contributed by atoms with Gasteiger partial charge in [0.05, 0.1) is 43.4 Å². The van der Waals surface area contributed by atoms with Gasteiger partial charge in [0.25, 0.3) is 0 Å². The van der Waals surface area contributed by atoms with E-state index in [1.165, 1.54) is 0 Å². The normalized spacial score (nSPS) is 17.6. The average molecular weight is 355 g/mol. The number of hydrogen-bond donors (Lipinski definition) is 0. The van der Waals surface area contributed by atoms with Crippen LogP contribution in [0.15, 0.2) is 42.2 Å². The zero-order valence-electron chi connectivity index (χ0n) is 14.2. The van der Waals surface area contributed by atoms with E-state index in [9.17, 15) is 0 Å². The Labute approximate surface area is 151 Å². The van der Waals surface area contributed by atoms with E-state index in [1.807, 2.05) is 36.0 Å². The highest BCUT2D eigenvalue weighted by Gasteiger charge is 2.27. The third kappa shape index (κ3) is 3.63. The molecule has 0 fully saturated rings. The van der Waals surface area contributed by atoms with Gasteiger partial charge in [-0.05, 0) is 19.1 Å². The molecule has 4 rings (SSSR count). The number of ether oxygens (including phenoxy) is 1. The minimum atomic E-state index is 0.280. The van der Waals surface area contributed by atoms with Crippen molar-refractivity contribution in [3.8, 4) is 0 Å². The van der Waals surface area contributed by atoms with E-state index in [2.05, 4.69) is 31.3 Å². The van der Waals surface area contributed by atoms with Crippen molar-refractivity contribution in [3.05, 3.63) is 64.4 Å². The molecule has 3 aromatic heterocycles. The molecule has 6 nitrogen and oxygen atoms in total. The Hall–Kier alpha value is -2.09. The average Bonchev–Trinajstić information content (AvgIpc) is 3.29. The van der Waals surface area contributed by atoms with E-state index in [4.69, 9.17) is 4.74 Å². The van der Waals surface area contributed by atoms with Crippen molar-refractivity contribution in [2.45, 2.75) is 39.3 Å². The van der Waals surface area contributed by atoms with E-state index in [-0.39, 0.29) is 6.04 Å². The molecule has 1 aliphatic rings. The Bertz CT molecular complexity index is 802. The van der Waals surface area contributed by atoms with Gasteiger partial charge in [0.1, 0.15) is 10.8 Å². The second-order valence-corrected chi connectivity index (χ2v) is 7.12. The maximum atomic E-state index is 5.83. The molecule has 0 aliphatic carbocycles. The third-order valence-corrected chi connectivity index (χ3v) is 5.31. The van der Waals surface area contributed by atoms with E-state index >= 15 is 0 Å². The Balaban J connectivity index is 1.39. The molecule has 0 aromatic carbocycles. The summed E-state index contributed by atoms with van der Waals surface area (Å²) in [7, 11) is 0. The van der Waals surface area contributed by atoms with E-state index in [0.717, 1.165) is 41.9 Å². The lowest BCUT2D eigenvalue weighted by atomic mass is 10.2. The van der Waals surface area contributed by atoms with Crippen molar-refractivity contribution in [3.63, 3.8) is 0 Å². The van der Waals surface area contributed by atoms with Gasteiger partial charge in [0, 0.05) is 30.9 Å². The van der Waals surface area contributed by atoms with Crippen LogP contribution >= 0.6 is 11.3 Å². The quantitative estimate of drug-likeness (QED) is 0.680. The van der Waals surface area contributed by atoms with E-state index < -0.39 is 0 Å². The summed E-state index contributed by atoms with van der Waals surface area (Å²) >= 11 is 1.71. The van der Waals surface area contributed by atoms with Crippen LogP contribution in [0.3, 0.4) is 0 Å². The second-order valence-electron chi connectivity index (χ2n) is 6.15. The van der Waals surface area contributed by atoms with Crippen molar-refractivity contribution in [2.24, 2.45) is 0 Å². The topological polar surface area (TPSA) is 56.1 Å². The van der Waals surface area contributed by atoms with Gasteiger partial charge in [-0.2, -0.15) is 0 Å². The van der Waals surface area contributed by atoms with Crippen molar-refractivity contribution < 1.29 is 4.74 Å². The molecule has 0 saturated heterocycles. The fourth-order valence-corrected chi connectivity index (χ4v) is 3.82. The summed E-state index contributed by atoms with van der Waals surface area (Å²) in [6, 6.07) is 6.15. The lowest BCUT2D eigenvalue weighted by Crippen LogP contribution is -2.37. The lowest BCUT2D eigenvalue weighted by molar-refractivity contribution is 0.0948. The van der Waals surface area contributed by atoms with Gasteiger partial charge in [-0.1, -0.05) is 6.07 Å². The highest BCUT2D eigenvalue weighted by atomic mass is 32.1. The van der Waals surface area contributed by atoms with Crippen LogP contribution in [-0.2, 0) is 31.0 Å². The number of thiazole rings is 1. The molecule has 0 amide bonds. The molecule has 0 bridgehead atoms. The molecule has 0 saturated carbocycles. The molecule has 3 aromatic rings. The predicted molar refractivity (Wildman–Crippen MR) is 95.9 cm³/mol. The monoisotopic (exact) mass is 355 g/mol. The van der Waals surface area contributed by atoms with Gasteiger partial charge in [0.2, 0.25) is 0 Å². The number of pyridine rings is 1. The summed E-state index contributed by atoms with van der Waals surface area (Å²) in [6.07, 6.45) is 5.60. The summed E-state index contributed by atoms with van der Waals surface area (Å²) in [5, 5.41) is 3.19. The molecular formula is C18H21N5OS. The minimum absolute atomic E-state index is 0.280. The number of nitrogens with zero attached hydrogens (tertiary/aromatic N) is 5. The first-order valence-corrected chi connectivity index (χ1v) is 9.33. The Morgan fingerprint density at radius 1 is 1.16 bits per heavy atom. The van der Waals surface area contributed by atoms with E-state index in [1.54, 1.807) is 17.5 Å². The highest BCUT2D eigenvalue weighted by Crippen LogP contribution is 2.27. The van der Waals surface area contributed by atoms with Crippen LogP contribution in [0.5, 0.6) is 0 Å². The fraction of sp³-hybridized carbons (Fsp3) is 0.389. The number of aromatic nitrogens is 4. The maximum absolute atomic E-state index is 5.83. The predicted octanol–water partition coefficient (Wildman–Crippen LogP) is 3.03. The Morgan fingerprint density at radius 2 is 2.12 bits per heavy atom. The molecule has 130 valence electrons. The summed E-state index contributed by atoms with van der Waals surface area (Å²) in [6.45, 7) is 6.11. The number of hydrogen-bond acceptors (Lipinski definition) is 6. The SMILES string of the molecule is C[C@@H]1c2ncc(COCc3ccccn3)n2CCN1Cc1nccs1. The van der Waals surface area contributed by atoms with Gasteiger partial charge in [0.15, 0.2) is 0 Å². The first-order valence-electron chi connectivity index (χ1n) is 8.45. The molecule has 25 heavy (non-hydrogen) atoms. The van der Waals surface area contributed by atoms with Crippen molar-refractivity contribution in [2.75, 3.05) is 6.54 Å². The maximum Gasteiger partial charge on any atom is 0.126 e. The molecule has 7 heteroatoms. The minimum Gasteiger partial charge on any atom is -0.369 e. The molecule has 4 heterocycles. The summed E-state index contributed by atoms with van der Waals surface area (Å²) in [5.74, 6) is 1.11. The van der Waals surface area contributed by atoms with Gasteiger partial charge < -0.3 is 9.30 Å². The van der Waals surface area contributed by atoms with Crippen molar-refractivity contribution in [1.82, 2.24) is 24.4 Å². The molecule has 0 spiro atoms. The first-order chi connectivity index (χ1) is 12.3. The molecule has 1 atom stereocenters. The van der Waals surface area contributed by atoms with Crippen molar-refractivity contribution >= 4 is 11.3 Å². The van der Waals surface area contributed by atoms with Gasteiger partial charge in [-0.25, -0.2) is 9.97 Å². The molecule has 0 N–H and O–H groups in total.